The Bertz CT molecular complexity index is 1200. The lowest BCUT2D eigenvalue weighted by molar-refractivity contribution is -0.123. The fourth-order valence-electron chi connectivity index (χ4n) is 3.46. The number of carbonyl (C=O) groups excluding carboxylic acids is 1. The predicted octanol–water partition coefficient (Wildman–Crippen LogP) is 4.43. The summed E-state index contributed by atoms with van der Waals surface area (Å²) in [7, 11) is 0. The Balaban J connectivity index is 1.39. The van der Waals surface area contributed by atoms with Gasteiger partial charge in [0.15, 0.2) is 6.61 Å². The SMILES string of the molecule is Cc1ccc(OCCn2c(CNC(=O)COc3ccccc3)nc3ccccc32)cc1C. The molecule has 1 N–H and O–H groups in total. The zero-order valence-corrected chi connectivity index (χ0v) is 18.4. The summed E-state index contributed by atoms with van der Waals surface area (Å²) in [5.74, 6) is 2.10. The number of aromatic nitrogens is 2. The van der Waals surface area contributed by atoms with E-state index in [1.165, 1.54) is 11.1 Å². The number of fused-ring (bicyclic) bond motifs is 1. The smallest absolute Gasteiger partial charge is 0.258 e. The van der Waals surface area contributed by atoms with E-state index in [2.05, 4.69) is 35.9 Å². The molecular weight excluding hydrogens is 402 g/mol. The van der Waals surface area contributed by atoms with Crippen molar-refractivity contribution in [3.63, 3.8) is 0 Å². The lowest BCUT2D eigenvalue weighted by Crippen LogP contribution is -2.29. The molecule has 0 fully saturated rings. The molecule has 1 heterocycles. The number of imidazole rings is 1. The molecule has 0 saturated carbocycles. The Labute approximate surface area is 187 Å². The van der Waals surface area contributed by atoms with Crippen LogP contribution in [-0.4, -0.2) is 28.7 Å². The van der Waals surface area contributed by atoms with Crippen LogP contribution in [0.2, 0.25) is 0 Å². The summed E-state index contributed by atoms with van der Waals surface area (Å²) in [5, 5.41) is 2.90. The third-order valence-corrected chi connectivity index (χ3v) is 5.35. The van der Waals surface area contributed by atoms with Crippen molar-refractivity contribution in [1.29, 1.82) is 0 Å². The van der Waals surface area contributed by atoms with Crippen molar-refractivity contribution in [2.75, 3.05) is 13.2 Å². The second kappa shape index (κ2) is 10.0. The molecular formula is C26H27N3O3. The molecule has 0 atom stereocenters. The number of hydrogen-bond donors (Lipinski definition) is 1. The number of nitrogens with zero attached hydrogens (tertiary/aromatic N) is 2. The standard InChI is InChI=1S/C26H27N3O3/c1-19-12-13-22(16-20(19)2)31-15-14-29-24-11-7-6-10-23(24)28-25(29)17-27-26(30)18-32-21-8-4-3-5-9-21/h3-13,16H,14-15,17-18H2,1-2H3,(H,27,30). The van der Waals surface area contributed by atoms with Gasteiger partial charge in [-0.3, -0.25) is 4.79 Å². The maximum Gasteiger partial charge on any atom is 0.258 e. The molecule has 6 nitrogen and oxygen atoms in total. The summed E-state index contributed by atoms with van der Waals surface area (Å²) < 4.78 is 13.6. The topological polar surface area (TPSA) is 65.4 Å². The normalized spacial score (nSPS) is 10.8. The van der Waals surface area contributed by atoms with Crippen LogP contribution in [0.3, 0.4) is 0 Å². The van der Waals surface area contributed by atoms with Gasteiger partial charge in [0.25, 0.3) is 5.91 Å². The highest BCUT2D eigenvalue weighted by molar-refractivity contribution is 5.78. The molecule has 3 aromatic carbocycles. The summed E-state index contributed by atoms with van der Waals surface area (Å²) in [6.07, 6.45) is 0. The Morgan fingerprint density at radius 2 is 1.69 bits per heavy atom. The highest BCUT2D eigenvalue weighted by atomic mass is 16.5. The molecule has 0 unspecified atom stereocenters. The maximum absolute atomic E-state index is 12.3. The first kappa shape index (κ1) is 21.4. The number of rotatable bonds is 9. The monoisotopic (exact) mass is 429 g/mol. The van der Waals surface area contributed by atoms with Crippen LogP contribution >= 0.6 is 0 Å². The van der Waals surface area contributed by atoms with Gasteiger partial charge in [0.1, 0.15) is 23.9 Å². The van der Waals surface area contributed by atoms with E-state index in [1.807, 2.05) is 60.7 Å². The van der Waals surface area contributed by atoms with E-state index >= 15 is 0 Å². The van der Waals surface area contributed by atoms with Gasteiger partial charge in [0.2, 0.25) is 0 Å². The van der Waals surface area contributed by atoms with E-state index < -0.39 is 0 Å². The Morgan fingerprint density at radius 1 is 0.906 bits per heavy atom. The fraction of sp³-hybridized carbons (Fsp3) is 0.231. The van der Waals surface area contributed by atoms with Gasteiger partial charge in [-0.05, 0) is 61.4 Å². The van der Waals surface area contributed by atoms with Crippen molar-refractivity contribution >= 4 is 16.9 Å². The number of ether oxygens (including phenoxy) is 2. The van der Waals surface area contributed by atoms with Crippen molar-refractivity contribution in [1.82, 2.24) is 14.9 Å². The minimum absolute atomic E-state index is 0.0415. The Hall–Kier alpha value is -3.80. The van der Waals surface area contributed by atoms with Gasteiger partial charge in [0, 0.05) is 0 Å². The van der Waals surface area contributed by atoms with Gasteiger partial charge in [-0.1, -0.05) is 36.4 Å². The largest absolute Gasteiger partial charge is 0.492 e. The zero-order chi connectivity index (χ0) is 22.3. The number of aryl methyl sites for hydroxylation is 2. The highest BCUT2D eigenvalue weighted by Gasteiger charge is 2.12. The first-order valence-electron chi connectivity index (χ1n) is 10.7. The number of amides is 1. The van der Waals surface area contributed by atoms with Crippen LogP contribution in [0.25, 0.3) is 11.0 Å². The third-order valence-electron chi connectivity index (χ3n) is 5.35. The molecule has 0 aliphatic rings. The second-order valence-electron chi connectivity index (χ2n) is 7.64. The summed E-state index contributed by atoms with van der Waals surface area (Å²) in [4.78, 5) is 17.0. The first-order chi connectivity index (χ1) is 15.6. The Morgan fingerprint density at radius 3 is 2.50 bits per heavy atom. The van der Waals surface area contributed by atoms with Gasteiger partial charge in [0.05, 0.1) is 24.1 Å². The number of hydrogen-bond acceptors (Lipinski definition) is 4. The molecule has 0 bridgehead atoms. The zero-order valence-electron chi connectivity index (χ0n) is 18.4. The molecule has 32 heavy (non-hydrogen) atoms. The maximum atomic E-state index is 12.3. The highest BCUT2D eigenvalue weighted by Crippen LogP contribution is 2.18. The number of benzene rings is 3. The molecule has 0 aliphatic heterocycles. The summed E-state index contributed by atoms with van der Waals surface area (Å²) in [5.41, 5.74) is 4.35. The lowest BCUT2D eigenvalue weighted by Gasteiger charge is -2.12. The van der Waals surface area contributed by atoms with Crippen LogP contribution in [0.15, 0.2) is 72.8 Å². The lowest BCUT2D eigenvalue weighted by atomic mass is 10.1. The summed E-state index contributed by atoms with van der Waals surface area (Å²) in [6, 6.07) is 23.3. The number of nitrogens with one attached hydrogen (secondary N) is 1. The quantitative estimate of drug-likeness (QED) is 0.428. The molecule has 1 aromatic heterocycles. The van der Waals surface area contributed by atoms with Gasteiger partial charge < -0.3 is 19.4 Å². The number of para-hydroxylation sites is 3. The average molecular weight is 430 g/mol. The van der Waals surface area contributed by atoms with Gasteiger partial charge in [-0.2, -0.15) is 0 Å². The number of carbonyl (C=O) groups is 1. The second-order valence-corrected chi connectivity index (χ2v) is 7.64. The minimum atomic E-state index is -0.196. The van der Waals surface area contributed by atoms with E-state index in [9.17, 15) is 4.79 Å². The molecule has 164 valence electrons. The van der Waals surface area contributed by atoms with Crippen molar-refractivity contribution in [2.45, 2.75) is 26.9 Å². The Kier molecular flexibility index (Phi) is 6.70. The predicted molar refractivity (Wildman–Crippen MR) is 125 cm³/mol. The molecule has 6 heteroatoms. The molecule has 0 saturated heterocycles. The molecule has 1 amide bonds. The first-order valence-corrected chi connectivity index (χ1v) is 10.7. The molecule has 0 spiro atoms. The summed E-state index contributed by atoms with van der Waals surface area (Å²) >= 11 is 0. The van der Waals surface area contributed by atoms with Crippen molar-refractivity contribution in [3.05, 3.63) is 89.7 Å². The average Bonchev–Trinajstić information content (AvgIpc) is 3.17. The van der Waals surface area contributed by atoms with E-state index in [0.717, 1.165) is 22.6 Å². The van der Waals surface area contributed by atoms with Crippen LogP contribution in [0, 0.1) is 13.8 Å². The van der Waals surface area contributed by atoms with Crippen LogP contribution in [0.1, 0.15) is 17.0 Å². The molecule has 0 aliphatic carbocycles. The van der Waals surface area contributed by atoms with Crippen LogP contribution in [0.5, 0.6) is 11.5 Å². The van der Waals surface area contributed by atoms with E-state index in [0.29, 0.717) is 25.4 Å². The van der Waals surface area contributed by atoms with E-state index in [-0.39, 0.29) is 12.5 Å². The van der Waals surface area contributed by atoms with Crippen LogP contribution < -0.4 is 14.8 Å². The minimum Gasteiger partial charge on any atom is -0.492 e. The van der Waals surface area contributed by atoms with Crippen molar-refractivity contribution in [3.8, 4) is 11.5 Å². The van der Waals surface area contributed by atoms with E-state index in [4.69, 9.17) is 14.5 Å². The van der Waals surface area contributed by atoms with Gasteiger partial charge in [-0.25, -0.2) is 4.98 Å². The van der Waals surface area contributed by atoms with Crippen molar-refractivity contribution in [2.24, 2.45) is 0 Å². The van der Waals surface area contributed by atoms with Crippen molar-refractivity contribution < 1.29 is 14.3 Å². The fourth-order valence-corrected chi connectivity index (χ4v) is 3.46. The summed E-state index contributed by atoms with van der Waals surface area (Å²) in [6.45, 7) is 5.56. The molecule has 0 radical (unpaired) electrons. The van der Waals surface area contributed by atoms with E-state index in [1.54, 1.807) is 0 Å². The molecule has 4 aromatic rings. The molecule has 4 rings (SSSR count). The van der Waals surface area contributed by atoms with Gasteiger partial charge in [-0.15, -0.1) is 0 Å². The third kappa shape index (κ3) is 5.27. The van der Waals surface area contributed by atoms with Crippen LogP contribution in [0.4, 0.5) is 0 Å². The van der Waals surface area contributed by atoms with Gasteiger partial charge >= 0.3 is 0 Å². The van der Waals surface area contributed by atoms with Crippen LogP contribution in [-0.2, 0) is 17.9 Å².